The predicted octanol–water partition coefficient (Wildman–Crippen LogP) is 1.05. The van der Waals surface area contributed by atoms with Crippen molar-refractivity contribution in [3.63, 3.8) is 0 Å². The number of nitrogens with zero attached hydrogens (tertiary/aromatic N) is 3. The van der Waals surface area contributed by atoms with Crippen molar-refractivity contribution in [3.8, 4) is 0 Å². The fourth-order valence-corrected chi connectivity index (χ4v) is 3.33. The summed E-state index contributed by atoms with van der Waals surface area (Å²) in [6, 6.07) is -0.249. The zero-order valence-electron chi connectivity index (χ0n) is 12.0. The lowest BCUT2D eigenvalue weighted by Crippen LogP contribution is -2.36. The lowest BCUT2D eigenvalue weighted by molar-refractivity contribution is -0.129. The molecule has 2 heterocycles. The standard InChI is InChI=1S/C13H19N3O4S/c1-2-21(18,19)8-11(17)16-7-3-4-10(16)12-14-13(20-15-12)9-5-6-9/h9-10H,2-8H2,1H3/t10-/m0/s1. The molecule has 1 saturated carbocycles. The highest BCUT2D eigenvalue weighted by Crippen LogP contribution is 2.40. The first-order valence-electron chi connectivity index (χ1n) is 7.33. The Kier molecular flexibility index (Phi) is 3.73. The highest BCUT2D eigenvalue weighted by molar-refractivity contribution is 7.92. The van der Waals surface area contributed by atoms with Gasteiger partial charge in [-0.25, -0.2) is 8.42 Å². The molecule has 1 aromatic rings. The monoisotopic (exact) mass is 313 g/mol. The normalized spacial score (nSPS) is 22.7. The Morgan fingerprint density at radius 2 is 2.14 bits per heavy atom. The maximum absolute atomic E-state index is 12.2. The third-order valence-corrected chi connectivity index (χ3v) is 5.60. The Hall–Kier alpha value is -1.44. The second-order valence-corrected chi connectivity index (χ2v) is 8.04. The van der Waals surface area contributed by atoms with E-state index in [1.165, 1.54) is 0 Å². The minimum Gasteiger partial charge on any atom is -0.339 e. The number of likely N-dealkylation sites (tertiary alicyclic amines) is 1. The second-order valence-electron chi connectivity index (χ2n) is 5.69. The van der Waals surface area contributed by atoms with E-state index in [4.69, 9.17) is 4.52 Å². The number of rotatable bonds is 5. The third-order valence-electron chi connectivity index (χ3n) is 4.04. The summed E-state index contributed by atoms with van der Waals surface area (Å²) in [6.45, 7) is 2.10. The van der Waals surface area contributed by atoms with E-state index in [9.17, 15) is 13.2 Å². The van der Waals surface area contributed by atoms with Gasteiger partial charge in [0.2, 0.25) is 11.8 Å². The molecule has 1 atom stereocenters. The summed E-state index contributed by atoms with van der Waals surface area (Å²) >= 11 is 0. The van der Waals surface area contributed by atoms with E-state index in [0.29, 0.717) is 24.2 Å². The number of aromatic nitrogens is 2. The van der Waals surface area contributed by atoms with Crippen LogP contribution >= 0.6 is 0 Å². The highest BCUT2D eigenvalue weighted by Gasteiger charge is 2.36. The van der Waals surface area contributed by atoms with Crippen LogP contribution in [-0.4, -0.2) is 47.4 Å². The van der Waals surface area contributed by atoms with Crippen molar-refractivity contribution in [1.82, 2.24) is 15.0 Å². The molecule has 116 valence electrons. The van der Waals surface area contributed by atoms with E-state index >= 15 is 0 Å². The number of amides is 1. The van der Waals surface area contributed by atoms with Crippen molar-refractivity contribution in [2.24, 2.45) is 0 Å². The van der Waals surface area contributed by atoms with Crippen LogP contribution in [0.1, 0.15) is 56.3 Å². The van der Waals surface area contributed by atoms with Crippen molar-refractivity contribution in [2.45, 2.75) is 44.6 Å². The molecule has 2 aliphatic rings. The Balaban J connectivity index is 1.73. The molecule has 1 saturated heterocycles. The highest BCUT2D eigenvalue weighted by atomic mass is 32.2. The fraction of sp³-hybridized carbons (Fsp3) is 0.769. The number of carbonyl (C=O) groups is 1. The molecule has 0 radical (unpaired) electrons. The molecular weight excluding hydrogens is 294 g/mol. The van der Waals surface area contributed by atoms with Gasteiger partial charge in [0.25, 0.3) is 0 Å². The SMILES string of the molecule is CCS(=O)(=O)CC(=O)N1CCC[C@H]1c1noc(C2CC2)n1. The summed E-state index contributed by atoms with van der Waals surface area (Å²) < 4.78 is 28.5. The quantitative estimate of drug-likeness (QED) is 0.806. The van der Waals surface area contributed by atoms with Gasteiger partial charge in [0.05, 0.1) is 6.04 Å². The van der Waals surface area contributed by atoms with Crippen LogP contribution in [0.25, 0.3) is 0 Å². The molecular formula is C13H19N3O4S. The molecule has 1 aliphatic heterocycles. The predicted molar refractivity (Wildman–Crippen MR) is 74.3 cm³/mol. The number of hydrogen-bond donors (Lipinski definition) is 0. The van der Waals surface area contributed by atoms with Gasteiger partial charge in [-0.2, -0.15) is 4.98 Å². The molecule has 1 amide bonds. The summed E-state index contributed by atoms with van der Waals surface area (Å²) in [6.07, 6.45) is 3.73. The van der Waals surface area contributed by atoms with Gasteiger partial charge in [-0.1, -0.05) is 12.1 Å². The Bertz CT molecular complexity index is 636. The van der Waals surface area contributed by atoms with E-state index < -0.39 is 15.6 Å². The van der Waals surface area contributed by atoms with Crippen LogP contribution in [-0.2, 0) is 14.6 Å². The van der Waals surface area contributed by atoms with Crippen LogP contribution in [0.2, 0.25) is 0 Å². The van der Waals surface area contributed by atoms with Crippen molar-refractivity contribution >= 4 is 15.7 Å². The smallest absolute Gasteiger partial charge is 0.238 e. The van der Waals surface area contributed by atoms with Crippen LogP contribution in [0.15, 0.2) is 4.52 Å². The summed E-state index contributed by atoms with van der Waals surface area (Å²) in [5.74, 6) is 0.704. The lowest BCUT2D eigenvalue weighted by atomic mass is 10.2. The summed E-state index contributed by atoms with van der Waals surface area (Å²) in [4.78, 5) is 18.2. The van der Waals surface area contributed by atoms with E-state index in [-0.39, 0.29) is 17.7 Å². The maximum Gasteiger partial charge on any atom is 0.238 e. The summed E-state index contributed by atoms with van der Waals surface area (Å²) in [5.41, 5.74) is 0. The number of hydrogen-bond acceptors (Lipinski definition) is 6. The maximum atomic E-state index is 12.2. The van der Waals surface area contributed by atoms with Crippen LogP contribution in [0.5, 0.6) is 0 Å². The summed E-state index contributed by atoms with van der Waals surface area (Å²) in [7, 11) is -3.32. The minimum atomic E-state index is -3.32. The van der Waals surface area contributed by atoms with Gasteiger partial charge < -0.3 is 9.42 Å². The summed E-state index contributed by atoms with van der Waals surface area (Å²) in [5, 5.41) is 3.98. The van der Waals surface area contributed by atoms with Gasteiger partial charge in [-0.3, -0.25) is 4.79 Å². The average Bonchev–Trinajstić information content (AvgIpc) is 3.00. The van der Waals surface area contributed by atoms with E-state index in [1.807, 2.05) is 0 Å². The van der Waals surface area contributed by atoms with Crippen molar-refractivity contribution < 1.29 is 17.7 Å². The van der Waals surface area contributed by atoms with Gasteiger partial charge in [0.15, 0.2) is 15.7 Å². The third kappa shape index (κ3) is 3.09. The van der Waals surface area contributed by atoms with Crippen LogP contribution in [0.4, 0.5) is 0 Å². The Morgan fingerprint density at radius 1 is 1.38 bits per heavy atom. The largest absolute Gasteiger partial charge is 0.339 e. The fourth-order valence-electron chi connectivity index (χ4n) is 2.59. The second kappa shape index (κ2) is 5.40. The Labute approximate surface area is 123 Å². The number of carbonyl (C=O) groups excluding carboxylic acids is 1. The molecule has 0 unspecified atom stereocenters. The molecule has 3 rings (SSSR count). The zero-order valence-corrected chi connectivity index (χ0v) is 12.8. The van der Waals surface area contributed by atoms with Crippen LogP contribution in [0, 0.1) is 0 Å². The first-order chi connectivity index (χ1) is 10.00. The molecule has 0 N–H and O–H groups in total. The molecule has 1 aromatic heterocycles. The Morgan fingerprint density at radius 3 is 2.81 bits per heavy atom. The van der Waals surface area contributed by atoms with Gasteiger partial charge in [-0.15, -0.1) is 0 Å². The molecule has 7 nitrogen and oxygen atoms in total. The molecule has 8 heteroatoms. The molecule has 1 aliphatic carbocycles. The van der Waals surface area contributed by atoms with E-state index in [1.54, 1.807) is 11.8 Å². The topological polar surface area (TPSA) is 93.4 Å². The first-order valence-corrected chi connectivity index (χ1v) is 9.15. The van der Waals surface area contributed by atoms with E-state index in [0.717, 1.165) is 25.7 Å². The van der Waals surface area contributed by atoms with Gasteiger partial charge in [0, 0.05) is 18.2 Å². The average molecular weight is 313 g/mol. The lowest BCUT2D eigenvalue weighted by Gasteiger charge is -2.21. The van der Waals surface area contributed by atoms with Crippen molar-refractivity contribution in [2.75, 3.05) is 18.1 Å². The van der Waals surface area contributed by atoms with E-state index in [2.05, 4.69) is 10.1 Å². The first kappa shape index (κ1) is 14.5. The van der Waals surface area contributed by atoms with Crippen molar-refractivity contribution in [3.05, 3.63) is 11.7 Å². The minimum absolute atomic E-state index is 0.0225. The van der Waals surface area contributed by atoms with Crippen LogP contribution < -0.4 is 0 Å². The van der Waals surface area contributed by atoms with Gasteiger partial charge in [0.1, 0.15) is 5.75 Å². The van der Waals surface area contributed by atoms with Gasteiger partial charge in [-0.05, 0) is 25.7 Å². The molecule has 21 heavy (non-hydrogen) atoms. The van der Waals surface area contributed by atoms with Gasteiger partial charge >= 0.3 is 0 Å². The molecule has 0 spiro atoms. The van der Waals surface area contributed by atoms with Crippen LogP contribution in [0.3, 0.4) is 0 Å². The molecule has 0 bridgehead atoms. The molecule has 2 fully saturated rings. The van der Waals surface area contributed by atoms with Crippen molar-refractivity contribution in [1.29, 1.82) is 0 Å². The molecule has 0 aromatic carbocycles. The number of sulfone groups is 1. The zero-order chi connectivity index (χ0) is 15.0.